The van der Waals surface area contributed by atoms with E-state index < -0.39 is 5.41 Å². The molecule has 1 aromatic heterocycles. The first-order valence-electron chi connectivity index (χ1n) is 10.1. The molecular weight excluding hydrogens is 374 g/mol. The smallest absolute Gasteiger partial charge is 0.251 e. The molecule has 1 amide bonds. The van der Waals surface area contributed by atoms with Gasteiger partial charge in [0.2, 0.25) is 0 Å². The minimum absolute atomic E-state index is 0.0434. The highest BCUT2D eigenvalue weighted by Gasteiger charge is 2.34. The SMILES string of the molecule is CC1(C#N)CCc2cc(-c3cnc(N)c(-c4ccc5c(c4)CCNC5=O)n3)ccc21. The van der Waals surface area contributed by atoms with E-state index in [1.54, 1.807) is 6.20 Å². The molecule has 0 fully saturated rings. The minimum Gasteiger partial charge on any atom is -0.382 e. The van der Waals surface area contributed by atoms with Gasteiger partial charge in [0, 0.05) is 23.2 Å². The molecule has 3 aromatic rings. The summed E-state index contributed by atoms with van der Waals surface area (Å²) in [5, 5.41) is 12.4. The largest absolute Gasteiger partial charge is 0.382 e. The summed E-state index contributed by atoms with van der Waals surface area (Å²) in [5.41, 5.74) is 12.9. The van der Waals surface area contributed by atoms with Crippen LogP contribution in [-0.4, -0.2) is 22.4 Å². The summed E-state index contributed by atoms with van der Waals surface area (Å²) in [6, 6.07) is 14.3. The van der Waals surface area contributed by atoms with E-state index in [1.165, 1.54) is 5.56 Å². The van der Waals surface area contributed by atoms with Crippen LogP contribution in [0.15, 0.2) is 42.6 Å². The zero-order chi connectivity index (χ0) is 20.9. The number of aromatic nitrogens is 2. The number of rotatable bonds is 2. The molecule has 1 aliphatic heterocycles. The Morgan fingerprint density at radius 2 is 1.93 bits per heavy atom. The molecule has 0 radical (unpaired) electrons. The van der Waals surface area contributed by atoms with Crippen molar-refractivity contribution in [3.8, 4) is 28.6 Å². The fourth-order valence-corrected chi connectivity index (χ4v) is 4.46. The van der Waals surface area contributed by atoms with Crippen molar-refractivity contribution in [2.75, 3.05) is 12.3 Å². The van der Waals surface area contributed by atoms with E-state index in [-0.39, 0.29) is 5.91 Å². The first-order chi connectivity index (χ1) is 14.5. The number of amides is 1. The van der Waals surface area contributed by atoms with Crippen molar-refractivity contribution in [2.45, 2.75) is 31.6 Å². The molecule has 0 bridgehead atoms. The molecule has 0 spiro atoms. The lowest BCUT2D eigenvalue weighted by molar-refractivity contribution is 0.0946. The summed E-state index contributed by atoms with van der Waals surface area (Å²) in [4.78, 5) is 21.2. The molecule has 1 atom stereocenters. The number of hydrogen-bond donors (Lipinski definition) is 2. The molecule has 30 heavy (non-hydrogen) atoms. The number of nitrogens with zero attached hydrogens (tertiary/aromatic N) is 3. The van der Waals surface area contributed by atoms with E-state index in [4.69, 9.17) is 10.7 Å². The topological polar surface area (TPSA) is 105 Å². The molecular formula is C24H21N5O. The molecule has 1 unspecified atom stereocenters. The van der Waals surface area contributed by atoms with Crippen molar-refractivity contribution in [3.63, 3.8) is 0 Å². The molecule has 2 aromatic carbocycles. The van der Waals surface area contributed by atoms with Gasteiger partial charge in [0.05, 0.1) is 23.4 Å². The molecule has 1 aliphatic carbocycles. The van der Waals surface area contributed by atoms with Crippen molar-refractivity contribution in [2.24, 2.45) is 0 Å². The number of benzene rings is 2. The number of carbonyl (C=O) groups excluding carboxylic acids is 1. The summed E-state index contributed by atoms with van der Waals surface area (Å²) in [7, 11) is 0. The first kappa shape index (κ1) is 18.3. The molecule has 6 heteroatoms. The lowest BCUT2D eigenvalue weighted by atomic mass is 9.85. The van der Waals surface area contributed by atoms with Gasteiger partial charge in [-0.1, -0.05) is 18.2 Å². The van der Waals surface area contributed by atoms with E-state index in [9.17, 15) is 10.1 Å². The predicted molar refractivity (Wildman–Crippen MR) is 115 cm³/mol. The lowest BCUT2D eigenvalue weighted by Crippen LogP contribution is -2.31. The number of carbonyl (C=O) groups is 1. The second kappa shape index (κ2) is 6.67. The number of fused-ring (bicyclic) bond motifs is 2. The summed E-state index contributed by atoms with van der Waals surface area (Å²) in [5.74, 6) is 0.315. The van der Waals surface area contributed by atoms with Gasteiger partial charge in [-0.3, -0.25) is 4.79 Å². The summed E-state index contributed by atoms with van der Waals surface area (Å²) in [6.07, 6.45) is 4.19. The van der Waals surface area contributed by atoms with Crippen LogP contribution >= 0.6 is 0 Å². The third kappa shape index (κ3) is 2.82. The standard InChI is InChI=1S/C24H21N5O/c1-24(13-25)8-6-15-11-16(3-5-19(15)24)20-12-28-22(26)21(29-20)17-2-4-18-14(10-17)7-9-27-23(18)30/h2-5,10-12H,6-9H2,1H3,(H2,26,28)(H,27,30). The van der Waals surface area contributed by atoms with Gasteiger partial charge in [-0.05, 0) is 61.1 Å². The molecule has 5 rings (SSSR count). The van der Waals surface area contributed by atoms with Crippen LogP contribution in [0.5, 0.6) is 0 Å². The number of nitrogens with one attached hydrogen (secondary N) is 1. The fourth-order valence-electron chi connectivity index (χ4n) is 4.46. The first-order valence-corrected chi connectivity index (χ1v) is 10.1. The van der Waals surface area contributed by atoms with E-state index in [0.29, 0.717) is 23.6 Å². The molecule has 0 saturated heterocycles. The highest BCUT2D eigenvalue weighted by atomic mass is 16.1. The zero-order valence-electron chi connectivity index (χ0n) is 16.7. The van der Waals surface area contributed by atoms with Crippen LogP contribution in [0.3, 0.4) is 0 Å². The summed E-state index contributed by atoms with van der Waals surface area (Å²) in [6.45, 7) is 2.63. The molecule has 2 heterocycles. The van der Waals surface area contributed by atoms with Gasteiger partial charge in [0.25, 0.3) is 5.91 Å². The number of nitriles is 1. The van der Waals surface area contributed by atoms with E-state index in [0.717, 1.165) is 47.2 Å². The number of aryl methyl sites for hydroxylation is 1. The lowest BCUT2D eigenvalue weighted by Gasteiger charge is -2.17. The third-order valence-corrected chi connectivity index (χ3v) is 6.24. The average Bonchev–Trinajstić information content (AvgIpc) is 3.11. The highest BCUT2D eigenvalue weighted by Crippen LogP contribution is 2.40. The molecule has 6 nitrogen and oxygen atoms in total. The van der Waals surface area contributed by atoms with Gasteiger partial charge in [-0.25, -0.2) is 9.97 Å². The Bertz CT molecular complexity index is 1240. The maximum absolute atomic E-state index is 12.0. The van der Waals surface area contributed by atoms with Crippen LogP contribution in [0.25, 0.3) is 22.5 Å². The molecule has 3 N–H and O–H groups in total. The Kier molecular flexibility index (Phi) is 4.07. The van der Waals surface area contributed by atoms with E-state index in [1.807, 2.05) is 37.3 Å². The van der Waals surface area contributed by atoms with Gasteiger partial charge in [0.15, 0.2) is 0 Å². The second-order valence-corrected chi connectivity index (χ2v) is 8.18. The van der Waals surface area contributed by atoms with Gasteiger partial charge >= 0.3 is 0 Å². The zero-order valence-corrected chi connectivity index (χ0v) is 16.7. The van der Waals surface area contributed by atoms with Gasteiger partial charge < -0.3 is 11.1 Å². The Morgan fingerprint density at radius 3 is 2.77 bits per heavy atom. The third-order valence-electron chi connectivity index (χ3n) is 6.24. The van der Waals surface area contributed by atoms with Crippen molar-refractivity contribution in [1.82, 2.24) is 15.3 Å². The van der Waals surface area contributed by atoms with Crippen molar-refractivity contribution in [1.29, 1.82) is 5.26 Å². The van der Waals surface area contributed by atoms with Gasteiger partial charge in [-0.15, -0.1) is 0 Å². The fraction of sp³-hybridized carbons (Fsp3) is 0.250. The molecule has 0 saturated carbocycles. The maximum atomic E-state index is 12.0. The van der Waals surface area contributed by atoms with Crippen LogP contribution in [0.2, 0.25) is 0 Å². The van der Waals surface area contributed by atoms with Crippen molar-refractivity contribution in [3.05, 3.63) is 64.8 Å². The summed E-state index contributed by atoms with van der Waals surface area (Å²) < 4.78 is 0. The Balaban J connectivity index is 1.56. The van der Waals surface area contributed by atoms with Crippen LogP contribution in [0.1, 0.15) is 40.4 Å². The second-order valence-electron chi connectivity index (χ2n) is 8.18. The minimum atomic E-state index is -0.415. The number of hydrogen-bond acceptors (Lipinski definition) is 5. The van der Waals surface area contributed by atoms with Crippen LogP contribution in [-0.2, 0) is 18.3 Å². The normalized spacial score (nSPS) is 19.5. The van der Waals surface area contributed by atoms with Crippen LogP contribution < -0.4 is 11.1 Å². The maximum Gasteiger partial charge on any atom is 0.251 e. The van der Waals surface area contributed by atoms with Crippen molar-refractivity contribution < 1.29 is 4.79 Å². The average molecular weight is 395 g/mol. The van der Waals surface area contributed by atoms with Gasteiger partial charge in [0.1, 0.15) is 11.5 Å². The summed E-state index contributed by atoms with van der Waals surface area (Å²) >= 11 is 0. The van der Waals surface area contributed by atoms with E-state index in [2.05, 4.69) is 22.4 Å². The van der Waals surface area contributed by atoms with Gasteiger partial charge in [-0.2, -0.15) is 5.26 Å². The Labute approximate surface area is 174 Å². The quantitative estimate of drug-likeness (QED) is 0.692. The number of nitrogens with two attached hydrogens (primary N) is 1. The molecule has 148 valence electrons. The Morgan fingerprint density at radius 1 is 1.13 bits per heavy atom. The van der Waals surface area contributed by atoms with Crippen LogP contribution in [0.4, 0.5) is 5.82 Å². The number of nitrogen functional groups attached to an aromatic ring is 1. The molecule has 2 aliphatic rings. The highest BCUT2D eigenvalue weighted by molar-refractivity contribution is 5.97. The van der Waals surface area contributed by atoms with E-state index >= 15 is 0 Å². The predicted octanol–water partition coefficient (Wildman–Crippen LogP) is 3.41. The monoisotopic (exact) mass is 395 g/mol. The Hall–Kier alpha value is -3.72. The van der Waals surface area contributed by atoms with Crippen LogP contribution in [0, 0.1) is 11.3 Å². The number of anilines is 1. The van der Waals surface area contributed by atoms with Crippen molar-refractivity contribution >= 4 is 11.7 Å².